The normalized spacial score (nSPS) is 12.5. The van der Waals surface area contributed by atoms with Gasteiger partial charge in [-0.3, -0.25) is 14.9 Å². The largest absolute Gasteiger partial charge is 0.292 e. The first-order chi connectivity index (χ1) is 5.13. The predicted octanol–water partition coefficient (Wildman–Crippen LogP) is 1.41. The van der Waals surface area contributed by atoms with Gasteiger partial charge in [-0.25, -0.2) is 0 Å². The van der Waals surface area contributed by atoms with Gasteiger partial charge in [-0.15, -0.1) is 0 Å². The summed E-state index contributed by atoms with van der Waals surface area (Å²) in [4.78, 5) is 20.7. The van der Waals surface area contributed by atoms with Crippen molar-refractivity contribution in [2.75, 3.05) is 0 Å². The van der Waals surface area contributed by atoms with Crippen molar-refractivity contribution in [3.8, 4) is 0 Å². The van der Waals surface area contributed by atoms with E-state index in [1.807, 2.05) is 6.92 Å². The fourth-order valence-electron chi connectivity index (χ4n) is 0.907. The predicted molar refractivity (Wildman–Crippen MR) is 41.0 cm³/mol. The first kappa shape index (κ1) is 10.1. The summed E-state index contributed by atoms with van der Waals surface area (Å²) in [5, 5.41) is 10.2. The lowest BCUT2D eigenvalue weighted by Gasteiger charge is -2.03. The Hall–Kier alpha value is -0.930. The molecule has 0 aliphatic heterocycles. The zero-order valence-electron chi connectivity index (χ0n) is 6.87. The third kappa shape index (κ3) is 3.11. The molecule has 0 aromatic rings. The Morgan fingerprint density at radius 2 is 2.09 bits per heavy atom. The Kier molecular flexibility index (Phi) is 4.41. The average Bonchev–Trinajstić information content (AvgIpc) is 1.88. The molecule has 0 radical (unpaired) electrons. The Bertz CT molecular complexity index is 156. The minimum absolute atomic E-state index is 0.250. The maximum absolute atomic E-state index is 11.0. The van der Waals surface area contributed by atoms with Gasteiger partial charge >= 0.3 is 0 Å². The fourth-order valence-corrected chi connectivity index (χ4v) is 0.907. The van der Waals surface area contributed by atoms with Crippen LogP contribution in [0.5, 0.6) is 0 Å². The first-order valence-corrected chi connectivity index (χ1v) is 3.79. The maximum Gasteiger partial charge on any atom is 0.270 e. The van der Waals surface area contributed by atoms with Gasteiger partial charge in [0.1, 0.15) is 0 Å². The quantitative estimate of drug-likeness (QED) is 0.450. The van der Waals surface area contributed by atoms with Crippen molar-refractivity contribution in [1.29, 1.82) is 0 Å². The molecule has 0 rings (SSSR count). The van der Waals surface area contributed by atoms with E-state index in [-0.39, 0.29) is 5.78 Å². The number of carbonyl (C=O) groups excluding carboxylic acids is 1. The van der Waals surface area contributed by atoms with Crippen LogP contribution in [0.4, 0.5) is 0 Å². The number of hydrogen-bond acceptors (Lipinski definition) is 3. The van der Waals surface area contributed by atoms with Gasteiger partial charge in [0.2, 0.25) is 5.78 Å². The summed E-state index contributed by atoms with van der Waals surface area (Å²) in [5.41, 5.74) is 0. The summed E-state index contributed by atoms with van der Waals surface area (Å²) in [6.45, 7) is 3.49. The van der Waals surface area contributed by atoms with Crippen LogP contribution in [0.2, 0.25) is 0 Å². The van der Waals surface area contributed by atoms with Crippen LogP contribution in [0.1, 0.15) is 33.1 Å². The van der Waals surface area contributed by atoms with E-state index in [9.17, 15) is 14.9 Å². The van der Waals surface area contributed by atoms with Crippen molar-refractivity contribution in [2.45, 2.75) is 39.2 Å². The van der Waals surface area contributed by atoms with E-state index in [1.54, 1.807) is 6.92 Å². The highest BCUT2D eigenvalue weighted by molar-refractivity contribution is 5.82. The lowest BCUT2D eigenvalue weighted by Crippen LogP contribution is -2.28. The molecule has 0 aromatic carbocycles. The molecule has 0 aliphatic rings. The number of Topliss-reactive ketones (excluding diaryl/α,β-unsaturated/α-hetero) is 1. The Morgan fingerprint density at radius 1 is 1.55 bits per heavy atom. The monoisotopic (exact) mass is 159 g/mol. The third-order valence-corrected chi connectivity index (χ3v) is 1.51. The molecular weight excluding hydrogens is 146 g/mol. The highest BCUT2D eigenvalue weighted by atomic mass is 16.6. The molecule has 0 spiro atoms. The highest BCUT2D eigenvalue weighted by Gasteiger charge is 2.25. The van der Waals surface area contributed by atoms with Crippen LogP contribution in [0.25, 0.3) is 0 Å². The average molecular weight is 159 g/mol. The number of hydrogen-bond donors (Lipinski definition) is 0. The van der Waals surface area contributed by atoms with Gasteiger partial charge in [-0.2, -0.15) is 0 Å². The molecule has 0 unspecified atom stereocenters. The topological polar surface area (TPSA) is 60.2 Å². The number of nitrogens with zero attached hydrogens (tertiary/aromatic N) is 1. The maximum atomic E-state index is 11.0. The summed E-state index contributed by atoms with van der Waals surface area (Å²) in [5.74, 6) is -0.250. The third-order valence-electron chi connectivity index (χ3n) is 1.51. The zero-order valence-corrected chi connectivity index (χ0v) is 6.87. The number of rotatable bonds is 5. The van der Waals surface area contributed by atoms with Gasteiger partial charge in [-0.1, -0.05) is 13.8 Å². The first-order valence-electron chi connectivity index (χ1n) is 3.79. The van der Waals surface area contributed by atoms with E-state index >= 15 is 0 Å². The molecule has 0 saturated heterocycles. The van der Waals surface area contributed by atoms with E-state index < -0.39 is 11.0 Å². The lowest BCUT2D eigenvalue weighted by atomic mass is 10.1. The van der Waals surface area contributed by atoms with Gasteiger partial charge < -0.3 is 0 Å². The van der Waals surface area contributed by atoms with E-state index in [0.717, 1.165) is 0 Å². The zero-order chi connectivity index (χ0) is 8.85. The van der Waals surface area contributed by atoms with Crippen molar-refractivity contribution in [1.82, 2.24) is 0 Å². The molecule has 0 amide bonds. The van der Waals surface area contributed by atoms with E-state index in [0.29, 0.717) is 19.3 Å². The van der Waals surface area contributed by atoms with Crippen molar-refractivity contribution >= 4 is 5.78 Å². The second kappa shape index (κ2) is 4.82. The van der Waals surface area contributed by atoms with Crippen LogP contribution in [-0.4, -0.2) is 16.7 Å². The molecule has 0 N–H and O–H groups in total. The molecule has 64 valence electrons. The standard InChI is InChI=1S/C7H13NO3/c1-3-5-7(9)6(4-2)8(10)11/h6H,3-5H2,1-2H3/t6-/m0/s1. The Morgan fingerprint density at radius 3 is 2.36 bits per heavy atom. The molecule has 0 saturated carbocycles. The highest BCUT2D eigenvalue weighted by Crippen LogP contribution is 2.02. The molecule has 0 heterocycles. The SMILES string of the molecule is CCCC(=O)[C@H](CC)[N+](=O)[O-]. The summed E-state index contributed by atoms with van der Waals surface area (Å²) in [6.07, 6.45) is 1.30. The lowest BCUT2D eigenvalue weighted by molar-refractivity contribution is -0.507. The van der Waals surface area contributed by atoms with Gasteiger partial charge in [-0.05, 0) is 6.42 Å². The van der Waals surface area contributed by atoms with Gasteiger partial charge in [0.25, 0.3) is 6.04 Å². The van der Waals surface area contributed by atoms with Crippen molar-refractivity contribution in [2.24, 2.45) is 0 Å². The van der Waals surface area contributed by atoms with Crippen LogP contribution in [0.15, 0.2) is 0 Å². The van der Waals surface area contributed by atoms with Crippen LogP contribution >= 0.6 is 0 Å². The second-order valence-corrected chi connectivity index (χ2v) is 2.43. The van der Waals surface area contributed by atoms with Crippen LogP contribution in [-0.2, 0) is 4.79 Å². The summed E-state index contributed by atoms with van der Waals surface area (Å²) >= 11 is 0. The molecule has 0 fully saturated rings. The van der Waals surface area contributed by atoms with Crippen LogP contribution in [0.3, 0.4) is 0 Å². The summed E-state index contributed by atoms with van der Waals surface area (Å²) < 4.78 is 0. The van der Waals surface area contributed by atoms with Crippen molar-refractivity contribution in [3.63, 3.8) is 0 Å². The van der Waals surface area contributed by atoms with Gasteiger partial charge in [0.05, 0.1) is 0 Å². The van der Waals surface area contributed by atoms with Gasteiger partial charge in [0.15, 0.2) is 0 Å². The van der Waals surface area contributed by atoms with Crippen LogP contribution < -0.4 is 0 Å². The number of carbonyl (C=O) groups is 1. The molecule has 1 atom stereocenters. The second-order valence-electron chi connectivity index (χ2n) is 2.43. The minimum atomic E-state index is -0.977. The fraction of sp³-hybridized carbons (Fsp3) is 0.857. The molecule has 0 aliphatic carbocycles. The van der Waals surface area contributed by atoms with E-state index in [1.165, 1.54) is 0 Å². The number of ketones is 1. The van der Waals surface area contributed by atoms with Crippen LogP contribution in [0, 0.1) is 10.1 Å². The molecule has 11 heavy (non-hydrogen) atoms. The van der Waals surface area contributed by atoms with E-state index in [2.05, 4.69) is 0 Å². The van der Waals surface area contributed by atoms with Gasteiger partial charge in [0, 0.05) is 17.8 Å². The molecule has 4 heteroatoms. The Labute approximate surface area is 65.7 Å². The minimum Gasteiger partial charge on any atom is -0.292 e. The van der Waals surface area contributed by atoms with Crippen molar-refractivity contribution in [3.05, 3.63) is 10.1 Å². The van der Waals surface area contributed by atoms with E-state index in [4.69, 9.17) is 0 Å². The van der Waals surface area contributed by atoms with Crippen molar-refractivity contribution < 1.29 is 9.72 Å². The summed E-state index contributed by atoms with van der Waals surface area (Å²) in [6, 6.07) is -0.977. The molecule has 0 bridgehead atoms. The number of nitro groups is 1. The molecular formula is C7H13NO3. The smallest absolute Gasteiger partial charge is 0.270 e. The molecule has 0 aromatic heterocycles. The molecule has 4 nitrogen and oxygen atoms in total. The Balaban J connectivity index is 4.03. The summed E-state index contributed by atoms with van der Waals surface area (Å²) in [7, 11) is 0.